The fraction of sp³-hybridized carbons (Fsp3) is 0.895. The van der Waals surface area contributed by atoms with Gasteiger partial charge < -0.3 is 20.3 Å². The summed E-state index contributed by atoms with van der Waals surface area (Å²) in [6.45, 7) is 4.96. The summed E-state index contributed by atoms with van der Waals surface area (Å²) in [6, 6.07) is -0.537. The van der Waals surface area contributed by atoms with E-state index in [1.807, 2.05) is 0 Å². The van der Waals surface area contributed by atoms with Crippen molar-refractivity contribution in [3.8, 4) is 0 Å². The summed E-state index contributed by atoms with van der Waals surface area (Å²) < 4.78 is 5.50. The molecule has 484 valence electrons. The van der Waals surface area contributed by atoms with Gasteiger partial charge >= 0.3 is 5.97 Å². The number of unbranched alkanes of at least 4 members (excludes halogenated alkanes) is 53. The molecule has 0 aromatic heterocycles. The molecule has 0 aromatic rings. The summed E-state index contributed by atoms with van der Waals surface area (Å²) in [7, 11) is 0. The fourth-order valence-corrected chi connectivity index (χ4v) is 11.7. The molecule has 0 heterocycles. The van der Waals surface area contributed by atoms with Gasteiger partial charge in [-0.05, 0) is 83.5 Å². The number of carbonyl (C=O) groups is 2. The molecule has 0 saturated heterocycles. The summed E-state index contributed by atoms with van der Waals surface area (Å²) in [6.07, 6.45) is 92.4. The summed E-state index contributed by atoms with van der Waals surface area (Å²) in [5, 5.41) is 23.2. The van der Waals surface area contributed by atoms with Crippen LogP contribution in [0.15, 0.2) is 36.5 Å². The molecular formula is C76H145NO5. The standard InChI is InChI=1S/C76H145NO5/c1-3-5-7-9-11-13-15-16-17-44-47-50-54-58-62-66-70-76(81)82-71-67-63-59-55-51-48-45-42-40-38-36-34-32-30-28-26-24-22-20-18-19-21-23-25-27-29-31-33-35-37-39-41-43-46-49-53-57-61-65-69-75(80)77-73(72-78)74(79)68-64-60-56-52-14-12-10-8-6-4-2/h17-19,22,24,44,73-74,78-79H,3-16,20-21,23,25-43,45-72H2,1-2H3,(H,77,80)/b19-18-,24-22-,44-17-. The number of amides is 1. The number of aliphatic hydroxyl groups excluding tert-OH is 2. The number of hydrogen-bond acceptors (Lipinski definition) is 5. The van der Waals surface area contributed by atoms with E-state index in [9.17, 15) is 19.8 Å². The van der Waals surface area contributed by atoms with Gasteiger partial charge in [-0.25, -0.2) is 0 Å². The van der Waals surface area contributed by atoms with Crippen molar-refractivity contribution in [2.75, 3.05) is 13.2 Å². The number of nitrogens with one attached hydrogen (secondary N) is 1. The van der Waals surface area contributed by atoms with Crippen molar-refractivity contribution in [1.29, 1.82) is 0 Å². The van der Waals surface area contributed by atoms with E-state index in [0.29, 0.717) is 25.9 Å². The highest BCUT2D eigenvalue weighted by Gasteiger charge is 2.20. The van der Waals surface area contributed by atoms with Crippen LogP contribution in [0.5, 0.6) is 0 Å². The van der Waals surface area contributed by atoms with Gasteiger partial charge in [-0.15, -0.1) is 0 Å². The zero-order valence-electron chi connectivity index (χ0n) is 55.5. The topological polar surface area (TPSA) is 95.9 Å². The zero-order valence-corrected chi connectivity index (χ0v) is 55.5. The molecule has 1 amide bonds. The highest BCUT2D eigenvalue weighted by Crippen LogP contribution is 2.19. The maximum atomic E-state index is 12.5. The Kier molecular flexibility index (Phi) is 69.9. The third-order valence-corrected chi connectivity index (χ3v) is 17.4. The van der Waals surface area contributed by atoms with Crippen molar-refractivity contribution in [3.05, 3.63) is 36.5 Å². The van der Waals surface area contributed by atoms with E-state index in [-0.39, 0.29) is 18.5 Å². The number of aliphatic hydroxyl groups is 2. The largest absolute Gasteiger partial charge is 0.466 e. The van der Waals surface area contributed by atoms with E-state index < -0.39 is 12.1 Å². The van der Waals surface area contributed by atoms with E-state index >= 15 is 0 Å². The molecule has 0 bridgehead atoms. The lowest BCUT2D eigenvalue weighted by atomic mass is 10.0. The zero-order chi connectivity index (χ0) is 59.2. The van der Waals surface area contributed by atoms with Crippen LogP contribution in [-0.4, -0.2) is 47.4 Å². The Morgan fingerprint density at radius 3 is 0.939 bits per heavy atom. The Morgan fingerprint density at radius 1 is 0.341 bits per heavy atom. The summed E-state index contributed by atoms with van der Waals surface area (Å²) in [5.74, 6) is -0.0185. The highest BCUT2D eigenvalue weighted by atomic mass is 16.5. The number of allylic oxidation sites excluding steroid dienone is 6. The lowest BCUT2D eigenvalue weighted by Crippen LogP contribution is -2.45. The third-order valence-electron chi connectivity index (χ3n) is 17.4. The van der Waals surface area contributed by atoms with Gasteiger partial charge in [-0.2, -0.15) is 0 Å². The van der Waals surface area contributed by atoms with Crippen LogP contribution in [0.4, 0.5) is 0 Å². The van der Waals surface area contributed by atoms with E-state index in [2.05, 4.69) is 55.6 Å². The van der Waals surface area contributed by atoms with E-state index in [1.165, 1.54) is 327 Å². The molecule has 6 heteroatoms. The van der Waals surface area contributed by atoms with Gasteiger partial charge in [0.2, 0.25) is 5.91 Å². The number of rotatable bonds is 70. The molecule has 0 aromatic carbocycles. The first-order chi connectivity index (χ1) is 40.5. The molecule has 0 spiro atoms. The number of ether oxygens (including phenoxy) is 1. The molecular weight excluding hydrogens is 1010 g/mol. The van der Waals surface area contributed by atoms with Crippen LogP contribution in [0.2, 0.25) is 0 Å². The minimum absolute atomic E-state index is 0.0133. The second-order valence-corrected chi connectivity index (χ2v) is 25.6. The van der Waals surface area contributed by atoms with Crippen LogP contribution in [0.25, 0.3) is 0 Å². The van der Waals surface area contributed by atoms with Crippen LogP contribution in [0, 0.1) is 0 Å². The molecule has 0 aliphatic carbocycles. The first-order valence-corrected chi connectivity index (χ1v) is 37.2. The van der Waals surface area contributed by atoms with Gasteiger partial charge in [0.15, 0.2) is 0 Å². The molecule has 0 aliphatic heterocycles. The molecule has 3 N–H and O–H groups in total. The lowest BCUT2D eigenvalue weighted by molar-refractivity contribution is -0.143. The number of hydrogen-bond donors (Lipinski definition) is 3. The van der Waals surface area contributed by atoms with Crippen molar-refractivity contribution in [3.63, 3.8) is 0 Å². The van der Waals surface area contributed by atoms with E-state index in [1.54, 1.807) is 0 Å². The Morgan fingerprint density at radius 2 is 0.610 bits per heavy atom. The van der Waals surface area contributed by atoms with Crippen LogP contribution < -0.4 is 5.32 Å². The maximum absolute atomic E-state index is 12.5. The van der Waals surface area contributed by atoms with Gasteiger partial charge in [0.05, 0.1) is 25.4 Å². The lowest BCUT2D eigenvalue weighted by Gasteiger charge is -2.22. The van der Waals surface area contributed by atoms with Crippen molar-refractivity contribution in [1.82, 2.24) is 5.32 Å². The van der Waals surface area contributed by atoms with Crippen molar-refractivity contribution >= 4 is 11.9 Å². The summed E-state index contributed by atoms with van der Waals surface area (Å²) in [4.78, 5) is 24.5. The fourth-order valence-electron chi connectivity index (χ4n) is 11.7. The quantitative estimate of drug-likeness (QED) is 0.0320. The second kappa shape index (κ2) is 71.6. The predicted octanol–water partition coefficient (Wildman–Crippen LogP) is 24.3. The van der Waals surface area contributed by atoms with Crippen LogP contribution in [0.3, 0.4) is 0 Å². The second-order valence-electron chi connectivity index (χ2n) is 25.6. The predicted molar refractivity (Wildman–Crippen MR) is 361 cm³/mol. The van der Waals surface area contributed by atoms with E-state index in [4.69, 9.17) is 4.74 Å². The Bertz CT molecular complexity index is 1330. The minimum Gasteiger partial charge on any atom is -0.466 e. The van der Waals surface area contributed by atoms with E-state index in [0.717, 1.165) is 51.4 Å². The number of carbonyl (C=O) groups excluding carboxylic acids is 2. The van der Waals surface area contributed by atoms with Gasteiger partial charge in [0.25, 0.3) is 0 Å². The third kappa shape index (κ3) is 67.2. The first kappa shape index (κ1) is 80.1. The van der Waals surface area contributed by atoms with Crippen molar-refractivity contribution in [2.45, 2.75) is 424 Å². The van der Waals surface area contributed by atoms with Crippen LogP contribution in [-0.2, 0) is 14.3 Å². The maximum Gasteiger partial charge on any atom is 0.305 e. The molecule has 0 radical (unpaired) electrons. The van der Waals surface area contributed by atoms with Crippen molar-refractivity contribution < 1.29 is 24.5 Å². The Labute approximate surface area is 513 Å². The summed E-state index contributed by atoms with van der Waals surface area (Å²) in [5.41, 5.74) is 0. The molecule has 6 nitrogen and oxygen atoms in total. The molecule has 0 saturated carbocycles. The van der Waals surface area contributed by atoms with Crippen molar-refractivity contribution in [2.24, 2.45) is 0 Å². The van der Waals surface area contributed by atoms with Gasteiger partial charge in [0, 0.05) is 12.8 Å². The highest BCUT2D eigenvalue weighted by molar-refractivity contribution is 5.76. The molecule has 2 atom stereocenters. The van der Waals surface area contributed by atoms with Gasteiger partial charge in [0.1, 0.15) is 0 Å². The smallest absolute Gasteiger partial charge is 0.305 e. The Hall–Kier alpha value is -1.92. The average molecular weight is 1150 g/mol. The van der Waals surface area contributed by atoms with Gasteiger partial charge in [-0.3, -0.25) is 9.59 Å². The molecule has 82 heavy (non-hydrogen) atoms. The molecule has 0 fully saturated rings. The molecule has 0 aliphatic rings. The minimum atomic E-state index is -0.660. The monoisotopic (exact) mass is 1150 g/mol. The van der Waals surface area contributed by atoms with Gasteiger partial charge in [-0.1, -0.05) is 352 Å². The number of esters is 1. The summed E-state index contributed by atoms with van der Waals surface area (Å²) >= 11 is 0. The Balaban J connectivity index is 3.32. The normalized spacial score (nSPS) is 12.7. The molecule has 0 rings (SSSR count). The van der Waals surface area contributed by atoms with Crippen LogP contribution in [0.1, 0.15) is 412 Å². The SMILES string of the molecule is CCCCCCCCC/C=C\CCCCCCCC(=O)OCCCCCCCCCCCCCCCCC/C=C\C/C=C\CCCCCCCCCCCCCCCCCCCC(=O)NC(CO)C(O)CCCCCCCCCCCC. The van der Waals surface area contributed by atoms with Crippen LogP contribution >= 0.6 is 0 Å². The first-order valence-electron chi connectivity index (χ1n) is 37.2. The molecule has 2 unspecified atom stereocenters. The average Bonchev–Trinajstić information content (AvgIpc) is 3.48.